The lowest BCUT2D eigenvalue weighted by atomic mass is 9.77. The van der Waals surface area contributed by atoms with Crippen molar-refractivity contribution in [1.29, 1.82) is 0 Å². The zero-order valence-corrected chi connectivity index (χ0v) is 30.9. The summed E-state index contributed by atoms with van der Waals surface area (Å²) in [5, 5.41) is 42.2. The monoisotopic (exact) mass is 642 g/mol. The Morgan fingerprint density at radius 3 is 0.956 bits per heavy atom. The van der Waals surface area contributed by atoms with Gasteiger partial charge in [0.05, 0.1) is 11.8 Å². The molecule has 0 amide bonds. The molecule has 0 fully saturated rings. The summed E-state index contributed by atoms with van der Waals surface area (Å²) in [6.07, 6.45) is 0.532. The summed E-state index contributed by atoms with van der Waals surface area (Å²) < 4.78 is 0. The third kappa shape index (κ3) is 9.67. The zero-order valence-electron chi connectivity index (χ0n) is 30.0. The average Bonchev–Trinajstić information content (AvgIpc) is 2.83. The molecule has 0 aliphatic carbocycles. The highest BCUT2D eigenvalue weighted by molar-refractivity contribution is 8.00. The van der Waals surface area contributed by atoms with Gasteiger partial charge in [0.2, 0.25) is 0 Å². The third-order valence-electron chi connectivity index (χ3n) is 8.68. The molecule has 0 aromatic heterocycles. The van der Waals surface area contributed by atoms with Crippen molar-refractivity contribution in [3.63, 3.8) is 0 Å². The first-order valence-electron chi connectivity index (χ1n) is 16.0. The number of rotatable bonds is 10. The van der Waals surface area contributed by atoms with Crippen molar-refractivity contribution in [2.24, 2.45) is 11.8 Å². The SMILES string of the molecule is CC(SC(C)C(Cc1cc(C(C)(C)C)c(O)c(C(C)(C)C)c1)C(=O)O)C(Cc1cc(C(C)(C)C)c(O)c(C(C)(C)C)c1)C(=O)O. The number of aliphatic carboxylic acids is 2. The minimum Gasteiger partial charge on any atom is -0.507 e. The van der Waals surface area contributed by atoms with E-state index in [2.05, 4.69) is 0 Å². The molecule has 0 bridgehead atoms. The molecule has 0 radical (unpaired) electrons. The van der Waals surface area contributed by atoms with Gasteiger partial charge in [-0.05, 0) is 67.9 Å². The fraction of sp³-hybridized carbons (Fsp3) is 0.632. The second-order valence-electron chi connectivity index (χ2n) is 16.9. The summed E-state index contributed by atoms with van der Waals surface area (Å²) >= 11 is 1.40. The number of carboxylic acid groups (broad SMARTS) is 2. The van der Waals surface area contributed by atoms with Gasteiger partial charge in [-0.3, -0.25) is 9.59 Å². The summed E-state index contributed by atoms with van der Waals surface area (Å²) in [4.78, 5) is 25.3. The van der Waals surface area contributed by atoms with Gasteiger partial charge in [0.25, 0.3) is 0 Å². The Kier molecular flexibility index (Phi) is 11.6. The molecule has 0 saturated carbocycles. The van der Waals surface area contributed by atoms with Crippen LogP contribution < -0.4 is 0 Å². The Balaban J connectivity index is 2.45. The van der Waals surface area contributed by atoms with Crippen molar-refractivity contribution in [3.05, 3.63) is 57.6 Å². The van der Waals surface area contributed by atoms with E-state index in [0.717, 1.165) is 33.4 Å². The summed E-state index contributed by atoms with van der Waals surface area (Å²) in [6, 6.07) is 7.69. The lowest BCUT2D eigenvalue weighted by Gasteiger charge is -2.30. The van der Waals surface area contributed by atoms with Crippen molar-refractivity contribution >= 4 is 23.7 Å². The van der Waals surface area contributed by atoms with Gasteiger partial charge in [0.1, 0.15) is 11.5 Å². The van der Waals surface area contributed by atoms with E-state index in [-0.39, 0.29) is 56.5 Å². The van der Waals surface area contributed by atoms with Crippen molar-refractivity contribution in [2.75, 3.05) is 0 Å². The molecule has 2 aromatic rings. The smallest absolute Gasteiger partial charge is 0.307 e. The molecule has 0 spiro atoms. The van der Waals surface area contributed by atoms with Crippen molar-refractivity contribution < 1.29 is 30.0 Å². The number of hydrogen-bond donors (Lipinski definition) is 4. The van der Waals surface area contributed by atoms with E-state index in [1.54, 1.807) is 0 Å². The molecule has 2 aromatic carbocycles. The van der Waals surface area contributed by atoms with E-state index in [1.165, 1.54) is 11.8 Å². The Morgan fingerprint density at radius 1 is 0.556 bits per heavy atom. The van der Waals surface area contributed by atoms with Gasteiger partial charge in [0, 0.05) is 10.5 Å². The Morgan fingerprint density at radius 2 is 0.778 bits per heavy atom. The Bertz CT molecular complexity index is 1210. The van der Waals surface area contributed by atoms with E-state index in [4.69, 9.17) is 0 Å². The number of benzene rings is 2. The second-order valence-corrected chi connectivity index (χ2v) is 18.7. The third-order valence-corrected chi connectivity index (χ3v) is 10.2. The molecule has 0 aliphatic rings. The molecule has 4 N–H and O–H groups in total. The van der Waals surface area contributed by atoms with Crippen LogP contribution >= 0.6 is 11.8 Å². The molecule has 6 nitrogen and oxygen atoms in total. The molecule has 4 atom stereocenters. The number of hydrogen-bond acceptors (Lipinski definition) is 5. The molecule has 0 saturated heterocycles. The van der Waals surface area contributed by atoms with Crippen LogP contribution in [0.3, 0.4) is 0 Å². The second kappa shape index (κ2) is 13.6. The zero-order chi connectivity index (χ0) is 35.0. The first kappa shape index (κ1) is 38.5. The van der Waals surface area contributed by atoms with Crippen LogP contribution in [0.1, 0.15) is 130 Å². The van der Waals surface area contributed by atoms with Crippen LogP contribution in [0.2, 0.25) is 0 Å². The minimum atomic E-state index is -0.931. The largest absolute Gasteiger partial charge is 0.507 e. The van der Waals surface area contributed by atoms with E-state index < -0.39 is 23.8 Å². The van der Waals surface area contributed by atoms with Crippen LogP contribution in [0, 0.1) is 11.8 Å². The van der Waals surface area contributed by atoms with E-state index in [9.17, 15) is 30.0 Å². The quantitative estimate of drug-likeness (QED) is 0.204. The van der Waals surface area contributed by atoms with Crippen LogP contribution in [-0.2, 0) is 44.1 Å². The number of aromatic hydroxyl groups is 2. The number of phenolic OH excluding ortho intramolecular Hbond substituents is 2. The van der Waals surface area contributed by atoms with Gasteiger partial charge in [0.15, 0.2) is 0 Å². The molecule has 45 heavy (non-hydrogen) atoms. The summed E-state index contributed by atoms with van der Waals surface area (Å²) in [5.41, 5.74) is 3.48. The van der Waals surface area contributed by atoms with Crippen LogP contribution in [-0.4, -0.2) is 42.9 Å². The first-order chi connectivity index (χ1) is 20.2. The van der Waals surface area contributed by atoms with Crippen molar-refractivity contribution in [3.8, 4) is 11.5 Å². The first-order valence-corrected chi connectivity index (χ1v) is 16.9. The predicted octanol–water partition coefficient (Wildman–Crippen LogP) is 8.98. The fourth-order valence-corrected chi connectivity index (χ4v) is 7.34. The predicted molar refractivity (Wildman–Crippen MR) is 187 cm³/mol. The van der Waals surface area contributed by atoms with E-state index in [0.29, 0.717) is 0 Å². The van der Waals surface area contributed by atoms with E-state index in [1.807, 2.05) is 121 Å². The number of phenols is 2. The molecule has 0 heterocycles. The lowest BCUT2D eigenvalue weighted by molar-refractivity contribution is -0.142. The van der Waals surface area contributed by atoms with Gasteiger partial charge in [-0.1, -0.05) is 121 Å². The van der Waals surface area contributed by atoms with Crippen molar-refractivity contribution in [2.45, 2.75) is 142 Å². The number of carbonyl (C=O) groups is 2. The Hall–Kier alpha value is -2.67. The molecular weight excluding hydrogens is 584 g/mol. The maximum absolute atomic E-state index is 12.6. The van der Waals surface area contributed by atoms with Gasteiger partial charge in [-0.25, -0.2) is 0 Å². The minimum absolute atomic E-state index is 0.254. The molecule has 4 unspecified atom stereocenters. The van der Waals surface area contributed by atoms with Crippen LogP contribution in [0.25, 0.3) is 0 Å². The van der Waals surface area contributed by atoms with Crippen molar-refractivity contribution in [1.82, 2.24) is 0 Å². The topological polar surface area (TPSA) is 115 Å². The summed E-state index contributed by atoms with van der Waals surface area (Å²) in [7, 11) is 0. The average molecular weight is 643 g/mol. The maximum Gasteiger partial charge on any atom is 0.307 e. The molecule has 0 aliphatic heterocycles. The maximum atomic E-state index is 12.6. The highest BCUT2D eigenvalue weighted by atomic mass is 32.2. The van der Waals surface area contributed by atoms with E-state index >= 15 is 0 Å². The molecule has 2 rings (SSSR count). The van der Waals surface area contributed by atoms with Crippen LogP contribution in [0.4, 0.5) is 0 Å². The van der Waals surface area contributed by atoms with Gasteiger partial charge >= 0.3 is 11.9 Å². The fourth-order valence-electron chi connectivity index (χ4n) is 5.86. The van der Waals surface area contributed by atoms with Gasteiger partial charge in [-0.2, -0.15) is 11.8 Å². The Labute approximate surface area is 276 Å². The normalized spacial score (nSPS) is 15.8. The van der Waals surface area contributed by atoms with Gasteiger partial charge in [-0.15, -0.1) is 0 Å². The lowest BCUT2D eigenvalue weighted by Crippen LogP contribution is -2.32. The summed E-state index contributed by atoms with van der Waals surface area (Å²) in [6.45, 7) is 28.1. The number of carboxylic acids is 2. The summed E-state index contributed by atoms with van der Waals surface area (Å²) in [5.74, 6) is -2.87. The van der Waals surface area contributed by atoms with Crippen LogP contribution in [0.15, 0.2) is 24.3 Å². The molecule has 7 heteroatoms. The highest BCUT2D eigenvalue weighted by Gasteiger charge is 2.35. The molecule has 252 valence electrons. The molecular formula is C38H58O6S. The van der Waals surface area contributed by atoms with Crippen LogP contribution in [0.5, 0.6) is 11.5 Å². The standard InChI is InChI=1S/C38H58O6S/c1-21(25(33(41)42)15-23-17-27(35(3,4)5)31(39)28(18-23)36(6,7)8)45-22(2)26(34(43)44)16-24-19-29(37(9,10)11)32(40)30(20-24)38(12,13)14/h17-22,25-26,39-40H,15-16H2,1-14H3,(H,41,42)(H,43,44). The number of thioether (sulfide) groups is 1. The highest BCUT2D eigenvalue weighted by Crippen LogP contribution is 2.43. The van der Waals surface area contributed by atoms with Gasteiger partial charge < -0.3 is 20.4 Å².